The Morgan fingerprint density at radius 3 is 1.83 bits per heavy atom. The summed E-state index contributed by atoms with van der Waals surface area (Å²) in [5, 5.41) is 190. The maximum Gasteiger partial charge on any atom is 0.317 e. The number of hydrogen-bond acceptors (Lipinski definition) is 32. The second kappa shape index (κ2) is 27.8. The number of rotatable bonds is 16. The third-order valence-electron chi connectivity index (χ3n) is 24.9. The van der Waals surface area contributed by atoms with E-state index >= 15 is 4.79 Å². The standard InChI is InChI=1S/C65H102O33/c1-24-36(73)46(95-56-49(81)64(85,22-67)23-88-56)43(80)53(89-24)96-47-37(74)30(70)20-87-54(47)93-44-25(2)90-52(41(78)40(44)77)94-45-31(71)21-86-51(42(45)79)98-58(84)65-15-14-59(4,5)16-28(65)27-10-11-33-60(6)17-29(69)50(97-55-48(91-26(3)68)39(76)38(75)32(19-66)92-55)63(9,57(82)83)34(60)12-13-61(33,7)62(27,8)18-35(65)72/h10,24-25,28-56,66-67,69-81,85H,11-23H2,1-9H3,(H,82,83)/t24-,25-,28-,29-,30+,31+,32+,33?,34?,35+,36-,37-,38+,39-,40-,41+,42+,43+,44-,45-,46+,47+,48+,49-,50-,51+,52-,53-,54?,55-,56-,60+,61+,62+,63-,64+,65+/m0/s1. The van der Waals surface area contributed by atoms with Crippen molar-refractivity contribution in [3.63, 3.8) is 0 Å². The third-order valence-corrected chi connectivity index (χ3v) is 24.9. The molecule has 17 N–H and O–H groups in total. The Hall–Kier alpha value is -2.93. The van der Waals surface area contributed by atoms with Gasteiger partial charge in [0, 0.05) is 6.92 Å². The van der Waals surface area contributed by atoms with Crippen molar-refractivity contribution in [3.05, 3.63) is 11.6 Å². The lowest BCUT2D eigenvalue weighted by molar-refractivity contribution is -0.385. The van der Waals surface area contributed by atoms with Crippen molar-refractivity contribution in [1.29, 1.82) is 0 Å². The van der Waals surface area contributed by atoms with Crippen LogP contribution in [0.5, 0.6) is 0 Å². The summed E-state index contributed by atoms with van der Waals surface area (Å²) in [4.78, 5) is 41.6. The summed E-state index contributed by atoms with van der Waals surface area (Å²) in [7, 11) is 0. The average Bonchev–Trinajstić information content (AvgIpc) is 0.707. The normalized spacial score (nSPS) is 54.0. The Balaban J connectivity index is 0.775. The molecule has 6 aliphatic heterocycles. The number of fused-ring (bicyclic) bond motifs is 7. The van der Waals surface area contributed by atoms with Crippen molar-refractivity contribution in [2.45, 2.75) is 291 Å². The van der Waals surface area contributed by atoms with Gasteiger partial charge >= 0.3 is 17.9 Å². The van der Waals surface area contributed by atoms with E-state index < -0.39 is 267 Å². The first-order valence-corrected chi connectivity index (χ1v) is 34.0. The van der Waals surface area contributed by atoms with Gasteiger partial charge in [-0.1, -0.05) is 46.3 Å². The number of carbonyl (C=O) groups is 3. The van der Waals surface area contributed by atoms with Crippen molar-refractivity contribution in [3.8, 4) is 0 Å². The van der Waals surface area contributed by atoms with Crippen LogP contribution in [-0.2, 0) is 76.0 Å². The summed E-state index contributed by atoms with van der Waals surface area (Å²) in [6.07, 6.45) is -42.9. The molecule has 33 nitrogen and oxygen atoms in total. The van der Waals surface area contributed by atoms with Crippen LogP contribution in [0.4, 0.5) is 0 Å². The van der Waals surface area contributed by atoms with Crippen molar-refractivity contribution >= 4 is 17.9 Å². The number of hydrogen-bond donors (Lipinski definition) is 17. The van der Waals surface area contributed by atoms with E-state index in [0.717, 1.165) is 12.5 Å². The summed E-state index contributed by atoms with van der Waals surface area (Å²) in [5.41, 5.74) is -7.60. The minimum atomic E-state index is -2.12. The maximum absolute atomic E-state index is 15.4. The minimum absolute atomic E-state index is 0.0129. The molecular formula is C65H102O33. The Labute approximate surface area is 565 Å². The lowest BCUT2D eigenvalue weighted by atomic mass is 9.33. The van der Waals surface area contributed by atoms with E-state index in [4.69, 9.17) is 61.6 Å². The molecule has 11 aliphatic rings. The van der Waals surface area contributed by atoms with Gasteiger partial charge in [0.1, 0.15) is 115 Å². The number of aliphatic hydroxyl groups is 16. The van der Waals surface area contributed by atoms with Gasteiger partial charge in [0.15, 0.2) is 37.6 Å². The number of ether oxygens (including phenoxy) is 13. The second-order valence-electron chi connectivity index (χ2n) is 31.3. The van der Waals surface area contributed by atoms with Gasteiger partial charge < -0.3 is 148 Å². The molecule has 98 heavy (non-hydrogen) atoms. The molecule has 0 radical (unpaired) electrons. The van der Waals surface area contributed by atoms with Crippen LogP contribution < -0.4 is 0 Å². The zero-order chi connectivity index (χ0) is 71.8. The van der Waals surface area contributed by atoms with Crippen LogP contribution in [0.1, 0.15) is 114 Å². The zero-order valence-electron chi connectivity index (χ0n) is 56.3. The SMILES string of the molecule is CC(=O)O[C@H]1[C@H](O[C@H]2[C@@H](O)C[C@@]3(C)C(CC[C@]4(C)C3CC=C3[C@@H]5CC(C)(C)CC[C@]5(C(=O)O[C@H]5OC[C@@H](O)[C@H](O[C@@H]6O[C@@H](C)[C@H](OC7OC[C@@H](O)[C@H](O)[C@H]7O[C@@H]7O[C@@H](C)[C@H](O)[C@@H](O[C@@H]8OC[C@](O)(CO)[C@H]8O)[C@H]7O)[C@@H](O)[C@H]6O)[C@H]5O)[C@H](O)C[C@]34C)[C@]2(C)C(=O)O)O[C@H](CO)[C@@H](O)[C@@H]1O. The molecule has 11 rings (SSSR count). The number of allylic oxidation sites excluding steroid dienone is 2. The Kier molecular flexibility index (Phi) is 21.7. The van der Waals surface area contributed by atoms with E-state index in [9.17, 15) is 96.4 Å². The second-order valence-corrected chi connectivity index (χ2v) is 31.3. The highest BCUT2D eigenvalue weighted by Crippen LogP contribution is 2.76. The molecule has 560 valence electrons. The van der Waals surface area contributed by atoms with E-state index in [1.54, 1.807) is 0 Å². The van der Waals surface area contributed by atoms with Crippen LogP contribution in [-0.4, -0.2) is 315 Å². The van der Waals surface area contributed by atoms with E-state index in [1.165, 1.54) is 20.8 Å². The number of esters is 2. The largest absolute Gasteiger partial charge is 0.481 e. The molecule has 33 heteroatoms. The highest BCUT2D eigenvalue weighted by molar-refractivity contribution is 5.80. The molecule has 0 spiro atoms. The number of carboxylic acids is 1. The molecule has 4 saturated carbocycles. The van der Waals surface area contributed by atoms with Gasteiger partial charge in [0.2, 0.25) is 6.29 Å². The highest BCUT2D eigenvalue weighted by Gasteiger charge is 2.75. The van der Waals surface area contributed by atoms with Gasteiger partial charge in [-0.3, -0.25) is 14.4 Å². The average molecular weight is 1410 g/mol. The van der Waals surface area contributed by atoms with E-state index in [0.29, 0.717) is 25.7 Å². The van der Waals surface area contributed by atoms with Crippen LogP contribution in [0.2, 0.25) is 0 Å². The molecule has 0 bridgehead atoms. The lowest BCUT2D eigenvalue weighted by Crippen LogP contribution is -2.71. The number of carboxylic acid groups (broad SMARTS) is 1. The molecule has 5 aliphatic carbocycles. The number of carbonyl (C=O) groups excluding carboxylic acids is 2. The maximum atomic E-state index is 15.4. The van der Waals surface area contributed by atoms with Gasteiger partial charge in [-0.15, -0.1) is 0 Å². The summed E-state index contributed by atoms with van der Waals surface area (Å²) in [6, 6.07) is 0. The van der Waals surface area contributed by atoms with Crippen LogP contribution in [0.25, 0.3) is 0 Å². The fraction of sp³-hybridized carbons (Fsp3) is 0.923. The van der Waals surface area contributed by atoms with E-state index in [1.807, 2.05) is 6.92 Å². The summed E-state index contributed by atoms with van der Waals surface area (Å²) >= 11 is 0. The monoisotopic (exact) mass is 1410 g/mol. The molecule has 6 saturated heterocycles. The first-order valence-electron chi connectivity index (χ1n) is 34.0. The van der Waals surface area contributed by atoms with Gasteiger partial charge in [-0.2, -0.15) is 0 Å². The predicted octanol–water partition coefficient (Wildman–Crippen LogP) is -4.84. The minimum Gasteiger partial charge on any atom is -0.481 e. The third kappa shape index (κ3) is 12.6. The van der Waals surface area contributed by atoms with Crippen LogP contribution in [0.15, 0.2) is 11.6 Å². The molecule has 0 aromatic rings. The number of aliphatic carboxylic acids is 1. The molecular weight excluding hydrogens is 1310 g/mol. The fourth-order valence-electron chi connectivity index (χ4n) is 19.0. The molecule has 6 heterocycles. The van der Waals surface area contributed by atoms with Crippen LogP contribution in [0.3, 0.4) is 0 Å². The first kappa shape index (κ1) is 76.2. The smallest absolute Gasteiger partial charge is 0.317 e. The Morgan fingerprint density at radius 2 is 1.17 bits per heavy atom. The Morgan fingerprint density at radius 1 is 0.561 bits per heavy atom. The van der Waals surface area contributed by atoms with E-state index in [-0.39, 0.29) is 37.0 Å². The van der Waals surface area contributed by atoms with Gasteiger partial charge in [-0.05, 0) is 112 Å². The van der Waals surface area contributed by atoms with Crippen molar-refractivity contribution in [2.24, 2.45) is 50.2 Å². The van der Waals surface area contributed by atoms with Gasteiger partial charge in [0.05, 0.1) is 62.9 Å². The van der Waals surface area contributed by atoms with Gasteiger partial charge in [-0.25, -0.2) is 0 Å². The first-order chi connectivity index (χ1) is 45.8. The fourth-order valence-corrected chi connectivity index (χ4v) is 19.0. The summed E-state index contributed by atoms with van der Waals surface area (Å²) < 4.78 is 76.0. The lowest BCUT2D eigenvalue weighted by Gasteiger charge is -2.71. The Bertz CT molecular complexity index is 2890. The summed E-state index contributed by atoms with van der Waals surface area (Å²) in [6.45, 7) is 12.2. The van der Waals surface area contributed by atoms with Gasteiger partial charge in [0.25, 0.3) is 0 Å². The molecule has 3 unspecified atom stereocenters. The molecule has 37 atom stereocenters. The molecule has 0 aromatic carbocycles. The van der Waals surface area contributed by atoms with Crippen LogP contribution in [0, 0.1) is 50.2 Å². The molecule has 0 aromatic heterocycles. The molecule has 0 amide bonds. The van der Waals surface area contributed by atoms with Crippen LogP contribution >= 0.6 is 0 Å². The summed E-state index contributed by atoms with van der Waals surface area (Å²) in [5.74, 6) is -4.76. The predicted molar refractivity (Wildman–Crippen MR) is 322 cm³/mol. The van der Waals surface area contributed by atoms with Crippen molar-refractivity contribution < 1.29 is 163 Å². The quantitative estimate of drug-likeness (QED) is 0.0392. The van der Waals surface area contributed by atoms with Crippen molar-refractivity contribution in [2.75, 3.05) is 33.0 Å². The van der Waals surface area contributed by atoms with Crippen molar-refractivity contribution in [1.82, 2.24) is 0 Å². The van der Waals surface area contributed by atoms with E-state index in [2.05, 4.69) is 33.8 Å². The highest BCUT2D eigenvalue weighted by atomic mass is 16.8. The zero-order valence-corrected chi connectivity index (χ0v) is 56.3. The molecule has 10 fully saturated rings. The number of aliphatic hydroxyl groups excluding tert-OH is 15. The topological polar surface area (TPSA) is 515 Å².